The van der Waals surface area contributed by atoms with Crippen molar-refractivity contribution in [1.29, 1.82) is 0 Å². The maximum absolute atomic E-state index is 12.9. The van der Waals surface area contributed by atoms with E-state index in [2.05, 4.69) is 37.5 Å². The quantitative estimate of drug-likeness (QED) is 0.444. The van der Waals surface area contributed by atoms with Gasteiger partial charge in [0, 0.05) is 24.7 Å². The number of pyridine rings is 1. The highest BCUT2D eigenvalue weighted by molar-refractivity contribution is 5.80. The molecule has 0 saturated heterocycles. The molecule has 0 bridgehead atoms. The predicted molar refractivity (Wildman–Crippen MR) is 126 cm³/mol. The van der Waals surface area contributed by atoms with Gasteiger partial charge in [0.25, 0.3) is 5.56 Å². The first-order valence-corrected chi connectivity index (χ1v) is 11.4. The normalized spacial score (nSPS) is 14.4. The topological polar surface area (TPSA) is 88.9 Å². The van der Waals surface area contributed by atoms with Crippen molar-refractivity contribution in [2.45, 2.75) is 51.4 Å². The fraction of sp³-hybridized carbons (Fsp3) is 0.360. The van der Waals surface area contributed by atoms with Gasteiger partial charge in [0.2, 0.25) is 0 Å². The zero-order valence-electron chi connectivity index (χ0n) is 18.8. The van der Waals surface area contributed by atoms with Gasteiger partial charge in [0.05, 0.1) is 25.2 Å². The van der Waals surface area contributed by atoms with Gasteiger partial charge in [-0.1, -0.05) is 43.2 Å². The summed E-state index contributed by atoms with van der Waals surface area (Å²) in [6.45, 7) is 1.75. The summed E-state index contributed by atoms with van der Waals surface area (Å²) in [5, 5.41) is 13.6. The third-order valence-electron chi connectivity index (χ3n) is 6.37. The van der Waals surface area contributed by atoms with Crippen molar-refractivity contribution in [3.63, 3.8) is 0 Å². The lowest BCUT2D eigenvalue weighted by molar-refractivity contribution is 0.231. The molecule has 1 saturated carbocycles. The fourth-order valence-electron chi connectivity index (χ4n) is 4.67. The molecule has 2 heterocycles. The summed E-state index contributed by atoms with van der Waals surface area (Å²) in [5.74, 6) is 1.56. The summed E-state index contributed by atoms with van der Waals surface area (Å²) in [4.78, 5) is 18.2. The Labute approximate surface area is 192 Å². The largest absolute Gasteiger partial charge is 0.497 e. The lowest BCUT2D eigenvalue weighted by Crippen LogP contribution is -2.28. The average Bonchev–Trinajstić information content (AvgIpc) is 3.52. The van der Waals surface area contributed by atoms with E-state index in [1.54, 1.807) is 7.11 Å². The van der Waals surface area contributed by atoms with E-state index in [4.69, 9.17) is 4.74 Å². The number of hydrogen-bond donors (Lipinski definition) is 1. The Bertz CT molecular complexity index is 1280. The SMILES string of the molecule is COc1ccc2cc(CN(Cc3ccccc3)Cc3nnnn3C3CCCC3)c(=O)[nH]c2c1. The summed E-state index contributed by atoms with van der Waals surface area (Å²) >= 11 is 0. The van der Waals surface area contributed by atoms with E-state index in [1.165, 1.54) is 18.4 Å². The molecule has 1 aliphatic rings. The molecule has 33 heavy (non-hydrogen) atoms. The van der Waals surface area contributed by atoms with Crippen LogP contribution in [0.25, 0.3) is 10.9 Å². The summed E-state index contributed by atoms with van der Waals surface area (Å²) in [6, 6.07) is 18.3. The molecule has 0 amide bonds. The number of tetrazole rings is 1. The summed E-state index contributed by atoms with van der Waals surface area (Å²) < 4.78 is 7.27. The Kier molecular flexibility index (Phi) is 6.17. The highest BCUT2D eigenvalue weighted by Gasteiger charge is 2.23. The number of benzene rings is 2. The van der Waals surface area contributed by atoms with Crippen molar-refractivity contribution in [3.8, 4) is 5.75 Å². The number of aromatic nitrogens is 5. The van der Waals surface area contributed by atoms with Crippen molar-refractivity contribution in [2.75, 3.05) is 7.11 Å². The average molecular weight is 445 g/mol. The van der Waals surface area contributed by atoms with E-state index in [0.29, 0.717) is 31.2 Å². The van der Waals surface area contributed by atoms with Crippen molar-refractivity contribution in [3.05, 3.63) is 81.9 Å². The molecule has 1 aliphatic carbocycles. The number of nitrogens with zero attached hydrogens (tertiary/aromatic N) is 5. The molecule has 5 rings (SSSR count). The molecule has 2 aromatic carbocycles. The van der Waals surface area contributed by atoms with Crippen LogP contribution in [0, 0.1) is 0 Å². The van der Waals surface area contributed by atoms with Gasteiger partial charge < -0.3 is 9.72 Å². The van der Waals surface area contributed by atoms with E-state index in [9.17, 15) is 4.79 Å². The number of ether oxygens (including phenoxy) is 1. The van der Waals surface area contributed by atoms with Crippen LogP contribution < -0.4 is 10.3 Å². The van der Waals surface area contributed by atoms with Crippen molar-refractivity contribution in [1.82, 2.24) is 30.1 Å². The molecule has 8 heteroatoms. The van der Waals surface area contributed by atoms with Crippen LogP contribution in [0.3, 0.4) is 0 Å². The molecule has 0 atom stereocenters. The maximum Gasteiger partial charge on any atom is 0.252 e. The number of aromatic amines is 1. The first-order chi connectivity index (χ1) is 16.2. The van der Waals surface area contributed by atoms with Crippen LogP contribution in [0.2, 0.25) is 0 Å². The summed E-state index contributed by atoms with van der Waals surface area (Å²) in [5.41, 5.74) is 2.56. The van der Waals surface area contributed by atoms with Gasteiger partial charge in [-0.2, -0.15) is 0 Å². The molecule has 0 unspecified atom stereocenters. The van der Waals surface area contributed by atoms with Crippen molar-refractivity contribution >= 4 is 10.9 Å². The second-order valence-corrected chi connectivity index (χ2v) is 8.69. The van der Waals surface area contributed by atoms with Crippen LogP contribution in [0.5, 0.6) is 5.75 Å². The van der Waals surface area contributed by atoms with E-state index < -0.39 is 0 Å². The van der Waals surface area contributed by atoms with Crippen LogP contribution in [0.1, 0.15) is 48.7 Å². The zero-order valence-corrected chi connectivity index (χ0v) is 18.8. The molecule has 0 radical (unpaired) electrons. The Morgan fingerprint density at radius 3 is 2.67 bits per heavy atom. The predicted octanol–water partition coefficient (Wildman–Crippen LogP) is 3.84. The maximum atomic E-state index is 12.9. The molecular weight excluding hydrogens is 416 g/mol. The molecule has 1 fully saturated rings. The first kappa shape index (κ1) is 21.3. The van der Waals surface area contributed by atoms with E-state index in [-0.39, 0.29) is 5.56 Å². The lowest BCUT2D eigenvalue weighted by atomic mass is 10.1. The Hall–Kier alpha value is -3.52. The number of rotatable bonds is 8. The minimum atomic E-state index is -0.0933. The number of methoxy groups -OCH3 is 1. The number of hydrogen-bond acceptors (Lipinski definition) is 6. The molecular formula is C25H28N6O2. The molecule has 0 spiro atoms. The van der Waals surface area contributed by atoms with Crippen LogP contribution in [0.4, 0.5) is 0 Å². The van der Waals surface area contributed by atoms with E-state index in [1.807, 2.05) is 47.1 Å². The van der Waals surface area contributed by atoms with Gasteiger partial charge in [-0.05, 0) is 52.4 Å². The van der Waals surface area contributed by atoms with Crippen LogP contribution in [0.15, 0.2) is 59.4 Å². The highest BCUT2D eigenvalue weighted by atomic mass is 16.5. The molecule has 2 aromatic heterocycles. The smallest absolute Gasteiger partial charge is 0.252 e. The van der Waals surface area contributed by atoms with Crippen LogP contribution >= 0.6 is 0 Å². The van der Waals surface area contributed by atoms with Gasteiger partial charge >= 0.3 is 0 Å². The number of fused-ring (bicyclic) bond motifs is 1. The minimum Gasteiger partial charge on any atom is -0.497 e. The summed E-state index contributed by atoms with van der Waals surface area (Å²) in [7, 11) is 1.62. The minimum absolute atomic E-state index is 0.0933. The van der Waals surface area contributed by atoms with E-state index in [0.717, 1.165) is 35.3 Å². The third kappa shape index (κ3) is 4.80. The molecule has 170 valence electrons. The van der Waals surface area contributed by atoms with Crippen molar-refractivity contribution < 1.29 is 4.74 Å². The second-order valence-electron chi connectivity index (χ2n) is 8.69. The highest BCUT2D eigenvalue weighted by Crippen LogP contribution is 2.29. The number of nitrogens with one attached hydrogen (secondary N) is 1. The zero-order chi connectivity index (χ0) is 22.6. The summed E-state index contributed by atoms with van der Waals surface area (Å²) in [6.07, 6.45) is 4.67. The molecule has 4 aromatic rings. The van der Waals surface area contributed by atoms with Gasteiger partial charge in [-0.15, -0.1) is 5.10 Å². The standard InChI is InChI=1S/C25H28N6O2/c1-33-22-12-11-19-13-20(25(32)26-23(19)14-22)16-30(15-18-7-3-2-4-8-18)17-24-27-28-29-31(24)21-9-5-6-10-21/h2-4,7-8,11-14,21H,5-6,9-10,15-17H2,1H3,(H,26,32). The fourth-order valence-corrected chi connectivity index (χ4v) is 4.67. The van der Waals surface area contributed by atoms with Gasteiger partial charge in [-0.25, -0.2) is 4.68 Å². The molecule has 0 aliphatic heterocycles. The lowest BCUT2D eigenvalue weighted by Gasteiger charge is -2.23. The third-order valence-corrected chi connectivity index (χ3v) is 6.37. The monoisotopic (exact) mass is 444 g/mol. The van der Waals surface area contributed by atoms with E-state index >= 15 is 0 Å². The molecule has 1 N–H and O–H groups in total. The van der Waals surface area contributed by atoms with Gasteiger partial charge in [0.1, 0.15) is 5.75 Å². The van der Waals surface area contributed by atoms with Gasteiger partial charge in [0.15, 0.2) is 5.82 Å². The van der Waals surface area contributed by atoms with Crippen molar-refractivity contribution in [2.24, 2.45) is 0 Å². The van der Waals surface area contributed by atoms with Gasteiger partial charge in [-0.3, -0.25) is 9.69 Å². The van der Waals surface area contributed by atoms with Crippen LogP contribution in [-0.2, 0) is 19.6 Å². The first-order valence-electron chi connectivity index (χ1n) is 11.4. The second kappa shape index (κ2) is 9.54. The Balaban J connectivity index is 1.44. The Morgan fingerprint density at radius 2 is 1.88 bits per heavy atom. The van der Waals surface area contributed by atoms with Crippen LogP contribution in [-0.4, -0.2) is 37.2 Å². The molecule has 8 nitrogen and oxygen atoms in total. The number of H-pyrrole nitrogens is 1. The Morgan fingerprint density at radius 1 is 1.06 bits per heavy atom.